The smallest absolute Gasteiger partial charge is 0.218 e. The van der Waals surface area contributed by atoms with E-state index in [1.807, 2.05) is 23.7 Å². The first-order valence-electron chi connectivity index (χ1n) is 9.04. The third kappa shape index (κ3) is 4.85. The minimum Gasteiger partial charge on any atom is -0.477 e. The molecule has 2 aromatic heterocycles. The van der Waals surface area contributed by atoms with Crippen molar-refractivity contribution in [2.45, 2.75) is 26.3 Å². The van der Waals surface area contributed by atoms with Crippen molar-refractivity contribution in [2.24, 2.45) is 10.7 Å². The van der Waals surface area contributed by atoms with Crippen LogP contribution in [0, 0.1) is 0 Å². The molecule has 8 heteroatoms. The highest BCUT2D eigenvalue weighted by Crippen LogP contribution is 2.19. The Kier molecular flexibility index (Phi) is 6.65. The van der Waals surface area contributed by atoms with Gasteiger partial charge in [-0.15, -0.1) is 11.3 Å². The van der Waals surface area contributed by atoms with Gasteiger partial charge < -0.3 is 20.3 Å². The molecular weight excluding hydrogens is 348 g/mol. The summed E-state index contributed by atoms with van der Waals surface area (Å²) in [6.07, 6.45) is 5.71. The van der Waals surface area contributed by atoms with Crippen molar-refractivity contribution in [1.29, 1.82) is 0 Å². The maximum absolute atomic E-state index is 6.22. The summed E-state index contributed by atoms with van der Waals surface area (Å²) in [5, 5.41) is 3.08. The van der Waals surface area contributed by atoms with Crippen molar-refractivity contribution in [1.82, 2.24) is 14.9 Å². The molecule has 2 N–H and O–H groups in total. The van der Waals surface area contributed by atoms with Gasteiger partial charge in [-0.05, 0) is 12.5 Å². The Labute approximate surface area is 158 Å². The number of thiazole rings is 1. The molecule has 1 fully saturated rings. The Morgan fingerprint density at radius 2 is 2.12 bits per heavy atom. The van der Waals surface area contributed by atoms with Gasteiger partial charge in [0.2, 0.25) is 5.88 Å². The van der Waals surface area contributed by atoms with Crippen LogP contribution in [-0.2, 0) is 6.54 Å². The first kappa shape index (κ1) is 18.4. The lowest BCUT2D eigenvalue weighted by Gasteiger charge is -2.35. The van der Waals surface area contributed by atoms with Crippen molar-refractivity contribution < 1.29 is 4.74 Å². The van der Waals surface area contributed by atoms with Gasteiger partial charge >= 0.3 is 0 Å². The highest BCUT2D eigenvalue weighted by Gasteiger charge is 2.19. The number of nitrogens with zero attached hydrogens (tertiary/aromatic N) is 5. The van der Waals surface area contributed by atoms with Gasteiger partial charge in [0.15, 0.2) is 11.1 Å². The Morgan fingerprint density at radius 1 is 1.27 bits per heavy atom. The highest BCUT2D eigenvalue weighted by molar-refractivity contribution is 7.13. The first-order valence-corrected chi connectivity index (χ1v) is 9.92. The largest absolute Gasteiger partial charge is 0.477 e. The summed E-state index contributed by atoms with van der Waals surface area (Å²) in [7, 11) is 0. The molecule has 140 valence electrons. The van der Waals surface area contributed by atoms with E-state index in [4.69, 9.17) is 10.5 Å². The van der Waals surface area contributed by atoms with Crippen molar-refractivity contribution in [3.8, 4) is 5.88 Å². The van der Waals surface area contributed by atoms with E-state index < -0.39 is 0 Å². The molecule has 1 aliphatic heterocycles. The van der Waals surface area contributed by atoms with Crippen LogP contribution in [0.3, 0.4) is 0 Å². The number of ether oxygens (including phenoxy) is 1. The number of anilines is 1. The fourth-order valence-corrected chi connectivity index (χ4v) is 3.45. The predicted octanol–water partition coefficient (Wildman–Crippen LogP) is 2.35. The van der Waals surface area contributed by atoms with Crippen LogP contribution in [0.4, 0.5) is 5.13 Å². The fourth-order valence-electron chi connectivity index (χ4n) is 2.75. The van der Waals surface area contributed by atoms with E-state index in [9.17, 15) is 0 Å². The van der Waals surface area contributed by atoms with Gasteiger partial charge in [0.1, 0.15) is 0 Å². The molecule has 7 nitrogen and oxygen atoms in total. The summed E-state index contributed by atoms with van der Waals surface area (Å²) < 4.78 is 5.76. The monoisotopic (exact) mass is 374 g/mol. The summed E-state index contributed by atoms with van der Waals surface area (Å²) in [5.41, 5.74) is 7.18. The van der Waals surface area contributed by atoms with E-state index in [1.54, 1.807) is 17.5 Å². The predicted molar refractivity (Wildman–Crippen MR) is 106 cm³/mol. The Hall–Kier alpha value is -2.35. The zero-order valence-electron chi connectivity index (χ0n) is 15.2. The highest BCUT2D eigenvalue weighted by atomic mass is 32.1. The molecule has 0 aromatic carbocycles. The van der Waals surface area contributed by atoms with E-state index >= 15 is 0 Å². The third-order valence-corrected chi connectivity index (χ3v) is 5.12. The SMILES string of the molecule is CCCCOc1ncccc1CN=C(N)N1CCN(c2nccs2)CC1. The maximum Gasteiger partial charge on any atom is 0.218 e. The number of nitrogens with two attached hydrogens (primary N) is 1. The van der Waals surface area contributed by atoms with Crippen molar-refractivity contribution in [3.63, 3.8) is 0 Å². The van der Waals surface area contributed by atoms with Crippen molar-refractivity contribution >= 4 is 22.4 Å². The van der Waals surface area contributed by atoms with Crippen molar-refractivity contribution in [3.05, 3.63) is 35.5 Å². The molecule has 0 atom stereocenters. The summed E-state index contributed by atoms with van der Waals surface area (Å²) >= 11 is 1.67. The van der Waals surface area contributed by atoms with Gasteiger partial charge in [-0.25, -0.2) is 15.0 Å². The number of aliphatic imine (C=N–C) groups is 1. The van der Waals surface area contributed by atoms with E-state index in [1.165, 1.54) is 0 Å². The van der Waals surface area contributed by atoms with Crippen molar-refractivity contribution in [2.75, 3.05) is 37.7 Å². The lowest BCUT2D eigenvalue weighted by atomic mass is 10.2. The molecule has 0 unspecified atom stereocenters. The van der Waals surface area contributed by atoms with Crippen LogP contribution < -0.4 is 15.4 Å². The zero-order chi connectivity index (χ0) is 18.2. The van der Waals surface area contributed by atoms with E-state index in [2.05, 4.69) is 31.7 Å². The van der Waals surface area contributed by atoms with Gasteiger partial charge in [0.05, 0.1) is 13.2 Å². The summed E-state index contributed by atoms with van der Waals surface area (Å²) in [6.45, 7) is 6.81. The van der Waals surface area contributed by atoms with E-state index in [-0.39, 0.29) is 0 Å². The molecule has 0 spiro atoms. The first-order chi connectivity index (χ1) is 12.8. The van der Waals surface area contributed by atoms with Gasteiger partial charge in [-0.1, -0.05) is 19.4 Å². The number of rotatable bonds is 7. The molecular formula is C18H26N6OS. The van der Waals surface area contributed by atoms with Gasteiger partial charge in [0.25, 0.3) is 0 Å². The van der Waals surface area contributed by atoms with Gasteiger partial charge in [-0.3, -0.25) is 0 Å². The molecule has 2 aromatic rings. The van der Waals surface area contributed by atoms with Crippen LogP contribution in [0.5, 0.6) is 5.88 Å². The number of guanidine groups is 1. The number of hydrogen-bond acceptors (Lipinski definition) is 6. The van der Waals surface area contributed by atoms with Gasteiger partial charge in [-0.2, -0.15) is 0 Å². The van der Waals surface area contributed by atoms with Crippen LogP contribution in [-0.4, -0.2) is 53.6 Å². The summed E-state index contributed by atoms with van der Waals surface area (Å²) in [5.74, 6) is 1.23. The number of pyridine rings is 1. The number of unbranched alkanes of at least 4 members (excludes halogenated alkanes) is 1. The minimum atomic E-state index is 0.480. The third-order valence-electron chi connectivity index (χ3n) is 4.29. The molecule has 0 saturated carbocycles. The van der Waals surface area contributed by atoms with E-state index in [0.717, 1.165) is 49.7 Å². The molecule has 1 saturated heterocycles. The molecule has 26 heavy (non-hydrogen) atoms. The molecule has 0 amide bonds. The molecule has 1 aliphatic rings. The second-order valence-corrected chi connectivity index (χ2v) is 7.01. The molecule has 3 heterocycles. The number of piperazine rings is 1. The molecule has 0 radical (unpaired) electrons. The topological polar surface area (TPSA) is 79.9 Å². The Bertz CT molecular complexity index is 697. The normalized spacial score (nSPS) is 15.3. The fraction of sp³-hybridized carbons (Fsp3) is 0.500. The standard InChI is InChI=1S/C18H26N6OS/c1-2-3-12-25-16-15(5-4-6-20-16)14-22-17(19)23-8-10-24(11-9-23)18-21-7-13-26-18/h4-7,13H,2-3,8-12,14H2,1H3,(H2,19,22). The van der Waals surface area contributed by atoms with Crippen LogP contribution in [0.25, 0.3) is 0 Å². The molecule has 0 bridgehead atoms. The average Bonchev–Trinajstić information content (AvgIpc) is 3.22. The quantitative estimate of drug-likeness (QED) is 0.455. The van der Waals surface area contributed by atoms with Crippen LogP contribution >= 0.6 is 11.3 Å². The van der Waals surface area contributed by atoms with Crippen LogP contribution in [0.15, 0.2) is 34.9 Å². The molecule has 0 aliphatic carbocycles. The summed E-state index contributed by atoms with van der Waals surface area (Å²) in [4.78, 5) is 17.7. The molecule has 3 rings (SSSR count). The van der Waals surface area contributed by atoms with Crippen LogP contribution in [0.2, 0.25) is 0 Å². The lowest BCUT2D eigenvalue weighted by molar-refractivity contribution is 0.294. The zero-order valence-corrected chi connectivity index (χ0v) is 16.0. The Balaban J connectivity index is 1.54. The minimum absolute atomic E-state index is 0.480. The summed E-state index contributed by atoms with van der Waals surface area (Å²) in [6, 6.07) is 3.89. The Morgan fingerprint density at radius 3 is 2.85 bits per heavy atom. The average molecular weight is 375 g/mol. The second-order valence-electron chi connectivity index (χ2n) is 6.13. The van der Waals surface area contributed by atoms with E-state index in [0.29, 0.717) is 25.0 Å². The van der Waals surface area contributed by atoms with Crippen LogP contribution in [0.1, 0.15) is 25.3 Å². The lowest BCUT2D eigenvalue weighted by Crippen LogP contribution is -2.51. The number of aromatic nitrogens is 2. The second kappa shape index (κ2) is 9.38. The number of hydrogen-bond donors (Lipinski definition) is 1. The van der Waals surface area contributed by atoms with Gasteiger partial charge in [0, 0.05) is 49.5 Å². The maximum atomic E-state index is 6.22.